The average molecular weight is 239 g/mol. The van der Waals surface area contributed by atoms with E-state index in [2.05, 4.69) is 6.58 Å². The first-order chi connectivity index (χ1) is 7.62. The van der Waals surface area contributed by atoms with E-state index in [1.165, 1.54) is 0 Å². The van der Waals surface area contributed by atoms with Crippen molar-refractivity contribution in [2.24, 2.45) is 5.92 Å². The second-order valence-electron chi connectivity index (χ2n) is 6.04. The second-order valence-corrected chi connectivity index (χ2v) is 6.04. The number of amides is 1. The zero-order valence-electron chi connectivity index (χ0n) is 11.0. The van der Waals surface area contributed by atoms with Gasteiger partial charge in [0.15, 0.2) is 0 Å². The molecule has 1 aliphatic rings. The highest BCUT2D eigenvalue weighted by atomic mass is 16.4. The van der Waals surface area contributed by atoms with Crippen LogP contribution in [0.4, 0.5) is 0 Å². The van der Waals surface area contributed by atoms with Gasteiger partial charge in [-0.25, -0.2) is 4.79 Å². The summed E-state index contributed by atoms with van der Waals surface area (Å²) in [4.78, 5) is 24.0. The fourth-order valence-electron chi connectivity index (χ4n) is 3.00. The molecule has 1 aliphatic heterocycles. The van der Waals surface area contributed by atoms with E-state index in [1.807, 2.05) is 27.7 Å². The molecule has 0 spiro atoms. The van der Waals surface area contributed by atoms with Crippen molar-refractivity contribution in [1.82, 2.24) is 4.90 Å². The summed E-state index contributed by atoms with van der Waals surface area (Å²) in [6, 6.07) is 0. The van der Waals surface area contributed by atoms with Gasteiger partial charge in [0.2, 0.25) is 6.41 Å². The zero-order chi connectivity index (χ0) is 13.4. The lowest BCUT2D eigenvalue weighted by molar-refractivity contribution is -0.138. The monoisotopic (exact) mass is 239 g/mol. The van der Waals surface area contributed by atoms with Crippen LogP contribution in [0.2, 0.25) is 0 Å². The summed E-state index contributed by atoms with van der Waals surface area (Å²) in [6.07, 6.45) is 2.14. The van der Waals surface area contributed by atoms with Gasteiger partial charge >= 0.3 is 5.97 Å². The molecule has 1 fully saturated rings. The minimum Gasteiger partial charge on any atom is -0.478 e. The SMILES string of the molecule is C=C(C(=O)O)C1CC(C)(C)N(C=O)C(C)(C)C1. The number of carboxylic acids is 1. The second kappa shape index (κ2) is 4.17. The van der Waals surface area contributed by atoms with E-state index in [4.69, 9.17) is 5.11 Å². The largest absolute Gasteiger partial charge is 0.478 e. The molecule has 1 heterocycles. The number of likely N-dealkylation sites (tertiary alicyclic amines) is 1. The van der Waals surface area contributed by atoms with Gasteiger partial charge in [0.25, 0.3) is 0 Å². The molecule has 0 aliphatic carbocycles. The molecule has 96 valence electrons. The van der Waals surface area contributed by atoms with Crippen LogP contribution in [0.3, 0.4) is 0 Å². The van der Waals surface area contributed by atoms with Crippen molar-refractivity contribution in [1.29, 1.82) is 0 Å². The standard InChI is InChI=1S/C13H21NO3/c1-9(11(16)17)10-6-12(2,3)14(8-15)13(4,5)7-10/h8,10H,1,6-7H2,2-5H3,(H,16,17). The smallest absolute Gasteiger partial charge is 0.331 e. The van der Waals surface area contributed by atoms with Crippen LogP contribution < -0.4 is 0 Å². The first kappa shape index (κ1) is 13.7. The van der Waals surface area contributed by atoms with E-state index in [1.54, 1.807) is 4.90 Å². The number of piperidine rings is 1. The van der Waals surface area contributed by atoms with Crippen LogP contribution in [0, 0.1) is 5.92 Å². The fraction of sp³-hybridized carbons (Fsp3) is 0.692. The molecule has 1 saturated heterocycles. The molecule has 1 N–H and O–H groups in total. The fourth-order valence-corrected chi connectivity index (χ4v) is 3.00. The molecule has 4 nitrogen and oxygen atoms in total. The number of carbonyl (C=O) groups excluding carboxylic acids is 1. The Hall–Kier alpha value is -1.32. The first-order valence-corrected chi connectivity index (χ1v) is 5.78. The topological polar surface area (TPSA) is 57.6 Å². The van der Waals surface area contributed by atoms with Crippen LogP contribution in [-0.2, 0) is 9.59 Å². The highest BCUT2D eigenvalue weighted by molar-refractivity contribution is 5.86. The summed E-state index contributed by atoms with van der Waals surface area (Å²) in [6.45, 7) is 11.5. The van der Waals surface area contributed by atoms with Crippen LogP contribution in [-0.4, -0.2) is 33.5 Å². The van der Waals surface area contributed by atoms with Gasteiger partial charge in [0.1, 0.15) is 0 Å². The molecular weight excluding hydrogens is 218 g/mol. The Labute approximate surface area is 102 Å². The minimum absolute atomic E-state index is 0.0753. The highest BCUT2D eigenvalue weighted by Gasteiger charge is 2.45. The van der Waals surface area contributed by atoms with Gasteiger partial charge in [0, 0.05) is 16.7 Å². The van der Waals surface area contributed by atoms with Crippen molar-refractivity contribution in [3.05, 3.63) is 12.2 Å². The van der Waals surface area contributed by atoms with Gasteiger partial charge in [0.05, 0.1) is 0 Å². The molecular formula is C13H21NO3. The predicted molar refractivity (Wildman–Crippen MR) is 65.6 cm³/mol. The number of hydrogen-bond donors (Lipinski definition) is 1. The van der Waals surface area contributed by atoms with E-state index >= 15 is 0 Å². The van der Waals surface area contributed by atoms with E-state index in [0.717, 1.165) is 6.41 Å². The average Bonchev–Trinajstić information content (AvgIpc) is 2.13. The van der Waals surface area contributed by atoms with Gasteiger partial charge in [-0.3, -0.25) is 4.79 Å². The van der Waals surface area contributed by atoms with Crippen molar-refractivity contribution < 1.29 is 14.7 Å². The highest BCUT2D eigenvalue weighted by Crippen LogP contribution is 2.42. The molecule has 0 radical (unpaired) electrons. The molecule has 0 saturated carbocycles. The maximum atomic E-state index is 11.2. The lowest BCUT2D eigenvalue weighted by atomic mass is 9.71. The van der Waals surface area contributed by atoms with Crippen molar-refractivity contribution in [2.75, 3.05) is 0 Å². The summed E-state index contributed by atoms with van der Waals surface area (Å²) >= 11 is 0. The third-order valence-electron chi connectivity index (χ3n) is 3.67. The zero-order valence-corrected chi connectivity index (χ0v) is 11.0. The van der Waals surface area contributed by atoms with Gasteiger partial charge in [-0.1, -0.05) is 6.58 Å². The number of hydrogen-bond acceptors (Lipinski definition) is 2. The Morgan fingerprint density at radius 3 is 2.00 bits per heavy atom. The number of carbonyl (C=O) groups is 2. The maximum absolute atomic E-state index is 11.2. The third-order valence-corrected chi connectivity index (χ3v) is 3.67. The van der Waals surface area contributed by atoms with E-state index in [0.29, 0.717) is 12.8 Å². The summed E-state index contributed by atoms with van der Waals surface area (Å²) in [5, 5.41) is 9.02. The van der Waals surface area contributed by atoms with Crippen LogP contribution in [0.1, 0.15) is 40.5 Å². The Kier molecular flexibility index (Phi) is 3.37. The number of rotatable bonds is 3. The number of nitrogens with zero attached hydrogens (tertiary/aromatic N) is 1. The molecule has 0 atom stereocenters. The molecule has 17 heavy (non-hydrogen) atoms. The van der Waals surface area contributed by atoms with Crippen molar-refractivity contribution >= 4 is 12.4 Å². The minimum atomic E-state index is -0.943. The molecule has 1 rings (SSSR count). The Bertz CT molecular complexity index is 340. The molecule has 0 bridgehead atoms. The number of carboxylic acid groups (broad SMARTS) is 1. The summed E-state index contributed by atoms with van der Waals surface area (Å²) in [5.41, 5.74) is -0.434. The van der Waals surface area contributed by atoms with Crippen LogP contribution in [0.15, 0.2) is 12.2 Å². The van der Waals surface area contributed by atoms with Gasteiger partial charge in [-0.15, -0.1) is 0 Å². The molecule has 4 heteroatoms. The quantitative estimate of drug-likeness (QED) is 0.605. The lowest BCUT2D eigenvalue weighted by Gasteiger charge is -2.53. The summed E-state index contributed by atoms with van der Waals surface area (Å²) < 4.78 is 0. The Balaban J connectivity index is 3.03. The van der Waals surface area contributed by atoms with E-state index in [9.17, 15) is 9.59 Å². The van der Waals surface area contributed by atoms with E-state index in [-0.39, 0.29) is 22.6 Å². The van der Waals surface area contributed by atoms with Gasteiger partial charge in [-0.05, 0) is 46.5 Å². The van der Waals surface area contributed by atoms with Gasteiger partial charge < -0.3 is 10.0 Å². The van der Waals surface area contributed by atoms with Crippen LogP contribution >= 0.6 is 0 Å². The Morgan fingerprint density at radius 1 is 1.29 bits per heavy atom. The van der Waals surface area contributed by atoms with Crippen molar-refractivity contribution in [3.8, 4) is 0 Å². The first-order valence-electron chi connectivity index (χ1n) is 5.78. The van der Waals surface area contributed by atoms with Crippen LogP contribution in [0.25, 0.3) is 0 Å². The molecule has 0 aromatic heterocycles. The molecule has 0 aromatic rings. The van der Waals surface area contributed by atoms with Gasteiger partial charge in [-0.2, -0.15) is 0 Å². The maximum Gasteiger partial charge on any atom is 0.331 e. The van der Waals surface area contributed by atoms with Crippen LogP contribution in [0.5, 0.6) is 0 Å². The van der Waals surface area contributed by atoms with E-state index < -0.39 is 5.97 Å². The predicted octanol–water partition coefficient (Wildman–Crippen LogP) is 2.05. The molecule has 0 unspecified atom stereocenters. The van der Waals surface area contributed by atoms with Crippen molar-refractivity contribution in [2.45, 2.75) is 51.6 Å². The molecule has 1 amide bonds. The normalized spacial score (nSPS) is 23.2. The Morgan fingerprint density at radius 2 is 1.71 bits per heavy atom. The lowest BCUT2D eigenvalue weighted by Crippen LogP contribution is -2.60. The molecule has 0 aromatic carbocycles. The number of aliphatic carboxylic acids is 1. The van der Waals surface area contributed by atoms with Crippen molar-refractivity contribution in [3.63, 3.8) is 0 Å². The third kappa shape index (κ3) is 2.51. The summed E-state index contributed by atoms with van der Waals surface area (Å²) in [5.74, 6) is -1.02. The summed E-state index contributed by atoms with van der Waals surface area (Å²) in [7, 11) is 0.